The van der Waals surface area contributed by atoms with Crippen molar-refractivity contribution in [1.82, 2.24) is 29.4 Å². The van der Waals surface area contributed by atoms with E-state index in [0.29, 0.717) is 11.4 Å². The highest BCUT2D eigenvalue weighted by molar-refractivity contribution is 5.93. The molecule has 0 saturated carbocycles. The van der Waals surface area contributed by atoms with Gasteiger partial charge in [0.2, 0.25) is 0 Å². The molecule has 0 bridgehead atoms. The predicted molar refractivity (Wildman–Crippen MR) is 97.2 cm³/mol. The SMILES string of the molecule is CNC(=O)c1cc2cccn2cn1.CNC(=O)c1cn2cccc2cn1. The second kappa shape index (κ2) is 7.47. The number of amides is 2. The Bertz CT molecular complexity index is 980. The maximum atomic E-state index is 11.2. The smallest absolute Gasteiger partial charge is 0.271 e. The zero-order valence-electron chi connectivity index (χ0n) is 14.4. The van der Waals surface area contributed by atoms with E-state index in [0.717, 1.165) is 11.0 Å². The lowest BCUT2D eigenvalue weighted by Gasteiger charge is -1.99. The third-order valence-corrected chi connectivity index (χ3v) is 3.75. The Morgan fingerprint density at radius 3 is 2.27 bits per heavy atom. The van der Waals surface area contributed by atoms with Gasteiger partial charge >= 0.3 is 0 Å². The minimum atomic E-state index is -0.171. The normalized spacial score (nSPS) is 10.2. The summed E-state index contributed by atoms with van der Waals surface area (Å²) in [6, 6.07) is 9.42. The zero-order chi connectivity index (χ0) is 18.5. The number of aromatic nitrogens is 4. The minimum Gasteiger partial charge on any atom is -0.354 e. The van der Waals surface area contributed by atoms with Gasteiger partial charge in [0, 0.05) is 38.2 Å². The molecule has 0 radical (unpaired) electrons. The summed E-state index contributed by atoms with van der Waals surface area (Å²) in [6.45, 7) is 0. The second-order valence-corrected chi connectivity index (χ2v) is 5.39. The first-order valence-electron chi connectivity index (χ1n) is 7.92. The lowest BCUT2D eigenvalue weighted by Crippen LogP contribution is -2.19. The number of rotatable bonds is 2. The predicted octanol–water partition coefficient (Wildman–Crippen LogP) is 1.39. The maximum absolute atomic E-state index is 11.2. The fourth-order valence-electron chi connectivity index (χ4n) is 2.37. The molecule has 8 heteroatoms. The van der Waals surface area contributed by atoms with E-state index >= 15 is 0 Å². The van der Waals surface area contributed by atoms with Crippen molar-refractivity contribution in [1.29, 1.82) is 0 Å². The molecule has 0 atom stereocenters. The van der Waals surface area contributed by atoms with Gasteiger partial charge in [0.25, 0.3) is 11.8 Å². The van der Waals surface area contributed by atoms with Gasteiger partial charge in [0.1, 0.15) is 11.4 Å². The molecule has 4 heterocycles. The van der Waals surface area contributed by atoms with Gasteiger partial charge in [-0.15, -0.1) is 0 Å². The Morgan fingerprint density at radius 2 is 1.54 bits per heavy atom. The van der Waals surface area contributed by atoms with E-state index in [1.54, 1.807) is 38.9 Å². The van der Waals surface area contributed by atoms with Crippen molar-refractivity contribution in [2.45, 2.75) is 0 Å². The molecule has 132 valence electrons. The molecule has 4 aromatic heterocycles. The maximum Gasteiger partial charge on any atom is 0.271 e. The van der Waals surface area contributed by atoms with Crippen LogP contribution in [0.5, 0.6) is 0 Å². The summed E-state index contributed by atoms with van der Waals surface area (Å²) < 4.78 is 3.71. The van der Waals surface area contributed by atoms with Crippen molar-refractivity contribution < 1.29 is 9.59 Å². The summed E-state index contributed by atoms with van der Waals surface area (Å²) in [6.07, 6.45) is 8.76. The van der Waals surface area contributed by atoms with Crippen LogP contribution in [0.1, 0.15) is 21.0 Å². The summed E-state index contributed by atoms with van der Waals surface area (Å²) in [4.78, 5) is 30.4. The van der Waals surface area contributed by atoms with Crippen LogP contribution in [-0.4, -0.2) is 44.7 Å². The molecule has 0 spiro atoms. The van der Waals surface area contributed by atoms with E-state index in [1.807, 2.05) is 45.5 Å². The molecule has 26 heavy (non-hydrogen) atoms. The molecular weight excluding hydrogens is 332 g/mol. The topological polar surface area (TPSA) is 92.8 Å². The van der Waals surface area contributed by atoms with Crippen molar-refractivity contribution in [2.75, 3.05) is 14.1 Å². The van der Waals surface area contributed by atoms with Gasteiger partial charge in [-0.2, -0.15) is 0 Å². The minimum absolute atomic E-state index is 0.163. The van der Waals surface area contributed by atoms with E-state index in [1.165, 1.54) is 0 Å². The largest absolute Gasteiger partial charge is 0.354 e. The summed E-state index contributed by atoms with van der Waals surface area (Å²) in [5.41, 5.74) is 2.81. The summed E-state index contributed by atoms with van der Waals surface area (Å²) in [5.74, 6) is -0.334. The molecule has 0 saturated heterocycles. The molecule has 8 nitrogen and oxygen atoms in total. The molecule has 0 aliphatic rings. The highest BCUT2D eigenvalue weighted by Crippen LogP contribution is 2.05. The van der Waals surface area contributed by atoms with Crippen molar-refractivity contribution in [3.8, 4) is 0 Å². The third kappa shape index (κ3) is 3.54. The molecular formula is C18H18N6O2. The summed E-state index contributed by atoms with van der Waals surface area (Å²) in [7, 11) is 3.18. The Kier molecular flexibility index (Phi) is 4.93. The Labute approximate surface area is 149 Å². The van der Waals surface area contributed by atoms with Crippen LogP contribution in [0, 0.1) is 0 Å². The number of fused-ring (bicyclic) bond motifs is 2. The molecule has 2 N–H and O–H groups in total. The van der Waals surface area contributed by atoms with Gasteiger partial charge in [-0.3, -0.25) is 9.59 Å². The first-order chi connectivity index (χ1) is 12.6. The fraction of sp³-hybridized carbons (Fsp3) is 0.111. The van der Waals surface area contributed by atoms with E-state index in [2.05, 4.69) is 20.6 Å². The van der Waals surface area contributed by atoms with E-state index in [4.69, 9.17) is 0 Å². The van der Waals surface area contributed by atoms with Crippen LogP contribution in [0.3, 0.4) is 0 Å². The number of carbonyl (C=O) groups excluding carboxylic acids is 2. The first kappa shape index (κ1) is 17.2. The second-order valence-electron chi connectivity index (χ2n) is 5.39. The van der Waals surface area contributed by atoms with Crippen LogP contribution in [0.2, 0.25) is 0 Å². The summed E-state index contributed by atoms with van der Waals surface area (Å²) in [5, 5.41) is 5.05. The van der Waals surface area contributed by atoms with Gasteiger partial charge in [-0.05, 0) is 30.3 Å². The van der Waals surface area contributed by atoms with Gasteiger partial charge in [0.15, 0.2) is 0 Å². The van der Waals surface area contributed by atoms with E-state index < -0.39 is 0 Å². The Hall–Kier alpha value is -3.68. The lowest BCUT2D eigenvalue weighted by atomic mass is 10.3. The van der Waals surface area contributed by atoms with Gasteiger partial charge < -0.3 is 19.4 Å². The quantitative estimate of drug-likeness (QED) is 0.571. The fourth-order valence-corrected chi connectivity index (χ4v) is 2.37. The van der Waals surface area contributed by atoms with Crippen LogP contribution >= 0.6 is 0 Å². The van der Waals surface area contributed by atoms with Gasteiger partial charge in [0.05, 0.1) is 18.0 Å². The van der Waals surface area contributed by atoms with Crippen molar-refractivity contribution in [3.63, 3.8) is 0 Å². The molecule has 0 aromatic carbocycles. The van der Waals surface area contributed by atoms with Crippen molar-refractivity contribution in [3.05, 3.63) is 72.8 Å². The number of hydrogen-bond acceptors (Lipinski definition) is 4. The van der Waals surface area contributed by atoms with Crippen LogP contribution in [-0.2, 0) is 0 Å². The van der Waals surface area contributed by atoms with E-state index in [-0.39, 0.29) is 11.8 Å². The highest BCUT2D eigenvalue weighted by atomic mass is 16.2. The van der Waals surface area contributed by atoms with Gasteiger partial charge in [-0.25, -0.2) is 9.97 Å². The standard InChI is InChI=1S/2C9H9N3O/c1-10-9(13)8-6-12-4-2-3-7(12)5-11-8;1-10-9(13)8-5-7-3-2-4-12(7)6-11-8/h2*2-6H,1H3,(H,10,13). The lowest BCUT2D eigenvalue weighted by molar-refractivity contribution is 0.0950. The average molecular weight is 350 g/mol. The molecule has 2 amide bonds. The molecule has 4 rings (SSSR count). The number of hydrogen-bond donors (Lipinski definition) is 2. The monoisotopic (exact) mass is 350 g/mol. The van der Waals surface area contributed by atoms with Crippen LogP contribution in [0.4, 0.5) is 0 Å². The average Bonchev–Trinajstić information content (AvgIpc) is 3.34. The Balaban J connectivity index is 0.000000151. The zero-order valence-corrected chi connectivity index (χ0v) is 14.4. The number of nitrogens with one attached hydrogen (secondary N) is 2. The molecule has 0 aliphatic carbocycles. The van der Waals surface area contributed by atoms with Crippen molar-refractivity contribution in [2.24, 2.45) is 0 Å². The molecule has 0 fully saturated rings. The highest BCUT2D eigenvalue weighted by Gasteiger charge is 2.05. The number of nitrogens with zero attached hydrogens (tertiary/aromatic N) is 4. The van der Waals surface area contributed by atoms with Crippen molar-refractivity contribution >= 4 is 22.8 Å². The van der Waals surface area contributed by atoms with Crippen LogP contribution in [0.25, 0.3) is 11.0 Å². The van der Waals surface area contributed by atoms with Crippen LogP contribution in [0.15, 0.2) is 61.4 Å². The van der Waals surface area contributed by atoms with Crippen LogP contribution < -0.4 is 10.6 Å². The molecule has 0 aliphatic heterocycles. The van der Waals surface area contributed by atoms with Gasteiger partial charge in [-0.1, -0.05) is 0 Å². The number of carbonyl (C=O) groups is 2. The molecule has 0 unspecified atom stereocenters. The first-order valence-corrected chi connectivity index (χ1v) is 7.92. The molecule has 4 aromatic rings. The summed E-state index contributed by atoms with van der Waals surface area (Å²) >= 11 is 0. The Morgan fingerprint density at radius 1 is 0.885 bits per heavy atom. The van der Waals surface area contributed by atoms with E-state index in [9.17, 15) is 9.59 Å². The third-order valence-electron chi connectivity index (χ3n) is 3.75.